The van der Waals surface area contributed by atoms with E-state index in [0.717, 1.165) is 17.8 Å². The maximum absolute atomic E-state index is 5.33. The van der Waals surface area contributed by atoms with Gasteiger partial charge in [0.05, 0.1) is 7.11 Å². The molecule has 2 aromatic heterocycles. The summed E-state index contributed by atoms with van der Waals surface area (Å²) in [6.45, 7) is 4.19. The summed E-state index contributed by atoms with van der Waals surface area (Å²) >= 11 is 0. The predicted octanol–water partition coefficient (Wildman–Crippen LogP) is 1.77. The van der Waals surface area contributed by atoms with Gasteiger partial charge in [0.25, 0.3) is 0 Å². The molecule has 0 amide bonds. The lowest BCUT2D eigenvalue weighted by Crippen LogP contribution is -2.22. The summed E-state index contributed by atoms with van der Waals surface area (Å²) < 4.78 is 7.27. The van der Waals surface area contributed by atoms with E-state index in [9.17, 15) is 0 Å². The zero-order chi connectivity index (χ0) is 14.5. The molecule has 1 N–H and O–H groups in total. The van der Waals surface area contributed by atoms with Crippen LogP contribution in [0.25, 0.3) is 0 Å². The first kappa shape index (κ1) is 14.5. The molecule has 6 heteroatoms. The second-order valence-electron chi connectivity index (χ2n) is 4.86. The van der Waals surface area contributed by atoms with E-state index in [1.807, 2.05) is 23.9 Å². The van der Waals surface area contributed by atoms with Gasteiger partial charge in [0.1, 0.15) is 12.2 Å². The number of aromatic nitrogens is 4. The fraction of sp³-hybridized carbons (Fsp3) is 0.500. The van der Waals surface area contributed by atoms with Crippen molar-refractivity contribution in [2.24, 2.45) is 0 Å². The van der Waals surface area contributed by atoms with Crippen LogP contribution in [0.2, 0.25) is 0 Å². The second-order valence-corrected chi connectivity index (χ2v) is 4.86. The molecule has 20 heavy (non-hydrogen) atoms. The van der Waals surface area contributed by atoms with E-state index in [4.69, 9.17) is 4.74 Å². The highest BCUT2D eigenvalue weighted by atomic mass is 16.5. The highest BCUT2D eigenvalue weighted by Gasteiger charge is 2.19. The van der Waals surface area contributed by atoms with Crippen molar-refractivity contribution in [1.29, 1.82) is 0 Å². The molecule has 2 aromatic rings. The average molecular weight is 275 g/mol. The van der Waals surface area contributed by atoms with Crippen LogP contribution in [-0.4, -0.2) is 33.9 Å². The molecule has 6 nitrogen and oxygen atoms in total. The molecule has 0 saturated heterocycles. The van der Waals surface area contributed by atoms with E-state index in [1.54, 1.807) is 19.6 Å². The van der Waals surface area contributed by atoms with Gasteiger partial charge in [-0.15, -0.1) is 0 Å². The predicted molar refractivity (Wildman–Crippen MR) is 76.7 cm³/mol. The van der Waals surface area contributed by atoms with E-state index in [-0.39, 0.29) is 6.04 Å². The minimum atomic E-state index is 0.0837. The SMILES string of the molecule is CNC(Cc1ncnn1C(C)C)c1cccnc1OC. The Bertz CT molecular complexity index is 552. The smallest absolute Gasteiger partial charge is 0.217 e. The molecule has 2 heterocycles. The fourth-order valence-corrected chi connectivity index (χ4v) is 2.24. The molecular weight excluding hydrogens is 254 g/mol. The Morgan fingerprint density at radius 1 is 1.35 bits per heavy atom. The first-order valence-electron chi connectivity index (χ1n) is 6.72. The monoisotopic (exact) mass is 275 g/mol. The topological polar surface area (TPSA) is 64.9 Å². The van der Waals surface area contributed by atoms with Gasteiger partial charge < -0.3 is 10.1 Å². The summed E-state index contributed by atoms with van der Waals surface area (Å²) in [6, 6.07) is 4.31. The number of pyridine rings is 1. The highest BCUT2D eigenvalue weighted by Crippen LogP contribution is 2.25. The quantitative estimate of drug-likeness (QED) is 0.870. The Balaban J connectivity index is 2.27. The van der Waals surface area contributed by atoms with Crippen LogP contribution in [0.3, 0.4) is 0 Å². The Kier molecular flexibility index (Phi) is 4.68. The number of likely N-dealkylation sites (N-methyl/N-ethyl adjacent to an activating group) is 1. The number of hydrogen-bond acceptors (Lipinski definition) is 5. The van der Waals surface area contributed by atoms with Gasteiger partial charge in [0.15, 0.2) is 0 Å². The van der Waals surface area contributed by atoms with E-state index in [1.165, 1.54) is 0 Å². The maximum Gasteiger partial charge on any atom is 0.217 e. The largest absolute Gasteiger partial charge is 0.481 e. The van der Waals surface area contributed by atoms with Gasteiger partial charge in [0, 0.05) is 30.3 Å². The molecule has 1 atom stereocenters. The van der Waals surface area contributed by atoms with E-state index in [2.05, 4.69) is 34.2 Å². The third-order valence-corrected chi connectivity index (χ3v) is 3.24. The van der Waals surface area contributed by atoms with Gasteiger partial charge in [-0.05, 0) is 27.0 Å². The molecule has 0 aliphatic carbocycles. The van der Waals surface area contributed by atoms with Crippen molar-refractivity contribution in [2.75, 3.05) is 14.2 Å². The Morgan fingerprint density at radius 3 is 2.80 bits per heavy atom. The lowest BCUT2D eigenvalue weighted by Gasteiger charge is -2.19. The van der Waals surface area contributed by atoms with Crippen LogP contribution in [0, 0.1) is 0 Å². The number of methoxy groups -OCH3 is 1. The molecule has 108 valence electrons. The van der Waals surface area contributed by atoms with Gasteiger partial charge in [-0.3, -0.25) is 0 Å². The fourth-order valence-electron chi connectivity index (χ4n) is 2.24. The van der Waals surface area contributed by atoms with Gasteiger partial charge in [-0.1, -0.05) is 6.07 Å². The third kappa shape index (κ3) is 2.96. The summed E-state index contributed by atoms with van der Waals surface area (Å²) in [5, 5.41) is 7.57. The minimum absolute atomic E-state index is 0.0837. The highest BCUT2D eigenvalue weighted by molar-refractivity contribution is 5.29. The average Bonchev–Trinajstić information content (AvgIpc) is 2.93. The van der Waals surface area contributed by atoms with Crippen LogP contribution in [0.4, 0.5) is 0 Å². The zero-order valence-corrected chi connectivity index (χ0v) is 12.4. The summed E-state index contributed by atoms with van der Waals surface area (Å²) in [5.74, 6) is 1.59. The molecule has 1 unspecified atom stereocenters. The third-order valence-electron chi connectivity index (χ3n) is 3.24. The normalized spacial score (nSPS) is 12.7. The minimum Gasteiger partial charge on any atom is -0.481 e. The number of nitrogens with one attached hydrogen (secondary N) is 1. The first-order valence-corrected chi connectivity index (χ1v) is 6.72. The van der Waals surface area contributed by atoms with Crippen LogP contribution in [-0.2, 0) is 6.42 Å². The van der Waals surface area contributed by atoms with Crippen molar-refractivity contribution in [3.63, 3.8) is 0 Å². The Labute approximate surface area is 119 Å². The Hall–Kier alpha value is -1.95. The van der Waals surface area contributed by atoms with E-state index < -0.39 is 0 Å². The van der Waals surface area contributed by atoms with Crippen molar-refractivity contribution < 1.29 is 4.74 Å². The van der Waals surface area contributed by atoms with Crippen molar-refractivity contribution in [2.45, 2.75) is 32.4 Å². The summed E-state index contributed by atoms with van der Waals surface area (Å²) in [5.41, 5.74) is 1.02. The molecule has 0 fully saturated rings. The molecule has 0 saturated carbocycles. The van der Waals surface area contributed by atoms with Crippen molar-refractivity contribution in [3.8, 4) is 5.88 Å². The van der Waals surface area contributed by atoms with Crippen LogP contribution in [0.1, 0.15) is 37.3 Å². The summed E-state index contributed by atoms with van der Waals surface area (Å²) in [4.78, 5) is 8.60. The zero-order valence-electron chi connectivity index (χ0n) is 12.4. The van der Waals surface area contributed by atoms with Crippen molar-refractivity contribution in [3.05, 3.63) is 36.0 Å². The lowest BCUT2D eigenvalue weighted by molar-refractivity contribution is 0.382. The van der Waals surface area contributed by atoms with Crippen LogP contribution < -0.4 is 10.1 Å². The van der Waals surface area contributed by atoms with Gasteiger partial charge >= 0.3 is 0 Å². The lowest BCUT2D eigenvalue weighted by atomic mass is 10.0. The molecule has 2 rings (SSSR count). The Morgan fingerprint density at radius 2 is 2.15 bits per heavy atom. The van der Waals surface area contributed by atoms with Gasteiger partial charge in [0.2, 0.25) is 5.88 Å². The number of hydrogen-bond donors (Lipinski definition) is 1. The van der Waals surface area contributed by atoms with E-state index in [0.29, 0.717) is 11.9 Å². The molecule has 0 radical (unpaired) electrons. The molecule has 0 bridgehead atoms. The standard InChI is InChI=1S/C14H21N5O/c1-10(2)19-13(17-9-18-19)8-12(15-3)11-6-5-7-16-14(11)20-4/h5-7,9-10,12,15H,8H2,1-4H3. The molecular formula is C14H21N5O. The summed E-state index contributed by atoms with van der Waals surface area (Å²) in [6.07, 6.45) is 4.06. The van der Waals surface area contributed by atoms with E-state index >= 15 is 0 Å². The van der Waals surface area contributed by atoms with Crippen LogP contribution in [0.15, 0.2) is 24.7 Å². The maximum atomic E-state index is 5.33. The van der Waals surface area contributed by atoms with Crippen LogP contribution >= 0.6 is 0 Å². The van der Waals surface area contributed by atoms with Gasteiger partial charge in [-0.25, -0.2) is 14.6 Å². The van der Waals surface area contributed by atoms with Gasteiger partial charge in [-0.2, -0.15) is 5.10 Å². The molecule has 0 aromatic carbocycles. The molecule has 0 aliphatic heterocycles. The number of rotatable bonds is 6. The summed E-state index contributed by atoms with van der Waals surface area (Å²) in [7, 11) is 3.56. The van der Waals surface area contributed by atoms with Crippen molar-refractivity contribution >= 4 is 0 Å². The molecule has 0 spiro atoms. The molecule has 0 aliphatic rings. The first-order chi connectivity index (χ1) is 9.67. The van der Waals surface area contributed by atoms with Crippen LogP contribution in [0.5, 0.6) is 5.88 Å². The second kappa shape index (κ2) is 6.47. The number of ether oxygens (including phenoxy) is 1. The van der Waals surface area contributed by atoms with Crippen molar-refractivity contribution in [1.82, 2.24) is 25.1 Å². The number of nitrogens with zero attached hydrogens (tertiary/aromatic N) is 4.